The van der Waals surface area contributed by atoms with Crippen LogP contribution in [-0.4, -0.2) is 60.1 Å². The van der Waals surface area contributed by atoms with E-state index in [0.29, 0.717) is 6.54 Å². The molecule has 2 aliphatic heterocycles. The molecule has 2 saturated heterocycles. The molecule has 1 atom stereocenters. The van der Waals surface area contributed by atoms with E-state index < -0.39 is 0 Å². The van der Waals surface area contributed by atoms with Crippen LogP contribution >= 0.6 is 11.8 Å². The van der Waals surface area contributed by atoms with Crippen LogP contribution in [0.5, 0.6) is 0 Å². The number of piperidine rings is 1. The Labute approximate surface area is 136 Å². The van der Waals surface area contributed by atoms with E-state index in [1.807, 2.05) is 28.8 Å². The monoisotopic (exact) mass is 323 g/mol. The lowest BCUT2D eigenvalue weighted by atomic mass is 10.1. The summed E-state index contributed by atoms with van der Waals surface area (Å²) >= 11 is 1.92. The molecule has 0 saturated carbocycles. The summed E-state index contributed by atoms with van der Waals surface area (Å²) in [6.45, 7) is 4.50. The van der Waals surface area contributed by atoms with Gasteiger partial charge in [-0.3, -0.25) is 4.90 Å². The summed E-state index contributed by atoms with van der Waals surface area (Å²) in [6.07, 6.45) is 5.48. The first-order valence-electron chi connectivity index (χ1n) is 8.22. The molecule has 0 unspecified atom stereocenters. The van der Waals surface area contributed by atoms with Gasteiger partial charge in [0.25, 0.3) is 0 Å². The minimum atomic E-state index is 0.0638. The molecule has 0 aliphatic carbocycles. The first kappa shape index (κ1) is 15.7. The number of carbonyl (C=O) groups is 1. The fraction of sp³-hybridized carbons (Fsp3) is 0.688. The number of urea groups is 1. The van der Waals surface area contributed by atoms with Crippen molar-refractivity contribution in [3.05, 3.63) is 24.2 Å². The lowest BCUT2D eigenvalue weighted by Gasteiger charge is -2.34. The largest absolute Gasteiger partial charge is 0.468 e. The van der Waals surface area contributed by atoms with Gasteiger partial charge < -0.3 is 14.6 Å². The molecule has 6 heteroatoms. The predicted molar refractivity (Wildman–Crippen MR) is 89.2 cm³/mol. The van der Waals surface area contributed by atoms with Crippen LogP contribution in [0, 0.1) is 0 Å². The van der Waals surface area contributed by atoms with Crippen LogP contribution < -0.4 is 5.32 Å². The molecule has 1 N–H and O–H groups in total. The topological polar surface area (TPSA) is 48.7 Å². The van der Waals surface area contributed by atoms with Gasteiger partial charge in [0.15, 0.2) is 0 Å². The Hall–Kier alpha value is -1.14. The highest BCUT2D eigenvalue weighted by atomic mass is 32.2. The molecule has 122 valence electrons. The van der Waals surface area contributed by atoms with Gasteiger partial charge in [-0.05, 0) is 38.1 Å². The van der Waals surface area contributed by atoms with E-state index in [4.69, 9.17) is 4.42 Å². The Kier molecular flexibility index (Phi) is 5.67. The van der Waals surface area contributed by atoms with E-state index >= 15 is 0 Å². The number of amides is 2. The zero-order valence-electron chi connectivity index (χ0n) is 13.0. The highest BCUT2D eigenvalue weighted by Gasteiger charge is 2.26. The molecule has 2 fully saturated rings. The average molecular weight is 323 g/mol. The third-order valence-electron chi connectivity index (χ3n) is 4.45. The third kappa shape index (κ3) is 3.98. The quantitative estimate of drug-likeness (QED) is 0.925. The number of thioether (sulfide) groups is 1. The second-order valence-electron chi connectivity index (χ2n) is 5.91. The number of rotatable bonds is 4. The van der Waals surface area contributed by atoms with E-state index in [1.54, 1.807) is 6.26 Å². The molecule has 1 aromatic rings. The maximum atomic E-state index is 12.3. The van der Waals surface area contributed by atoms with Crippen molar-refractivity contribution < 1.29 is 9.21 Å². The van der Waals surface area contributed by atoms with E-state index in [2.05, 4.69) is 10.2 Å². The molecule has 2 amide bonds. The maximum Gasteiger partial charge on any atom is 0.317 e. The smallest absolute Gasteiger partial charge is 0.317 e. The lowest BCUT2D eigenvalue weighted by Crippen LogP contribution is -2.47. The molecule has 0 aromatic carbocycles. The van der Waals surface area contributed by atoms with Crippen LogP contribution in [0.3, 0.4) is 0 Å². The number of carbonyl (C=O) groups excluding carboxylic acids is 1. The first-order chi connectivity index (χ1) is 10.8. The summed E-state index contributed by atoms with van der Waals surface area (Å²) in [5, 5.41) is 3.11. The number of hydrogen-bond donors (Lipinski definition) is 1. The average Bonchev–Trinajstić information content (AvgIpc) is 3.11. The standard InChI is InChI=1S/C16H25N3O2S/c20-16(19-8-11-22-12-9-19)17-13-14(15-5-4-10-21-15)18-6-2-1-3-7-18/h4-5,10,14H,1-3,6-9,11-13H2,(H,17,20)/t14-/m0/s1. The van der Waals surface area contributed by atoms with E-state index in [0.717, 1.165) is 43.4 Å². The summed E-state index contributed by atoms with van der Waals surface area (Å²) in [5.41, 5.74) is 0. The minimum Gasteiger partial charge on any atom is -0.468 e. The van der Waals surface area contributed by atoms with Crippen molar-refractivity contribution in [3.8, 4) is 0 Å². The number of likely N-dealkylation sites (tertiary alicyclic amines) is 1. The molecular weight excluding hydrogens is 298 g/mol. The first-order valence-corrected chi connectivity index (χ1v) is 9.38. The second kappa shape index (κ2) is 7.92. The third-order valence-corrected chi connectivity index (χ3v) is 5.39. The second-order valence-corrected chi connectivity index (χ2v) is 7.14. The molecule has 0 radical (unpaired) electrons. The molecular formula is C16H25N3O2S. The fourth-order valence-corrected chi connectivity index (χ4v) is 4.09. The van der Waals surface area contributed by atoms with E-state index in [1.165, 1.54) is 19.3 Å². The van der Waals surface area contributed by atoms with Gasteiger partial charge in [-0.15, -0.1) is 0 Å². The van der Waals surface area contributed by atoms with Crippen molar-refractivity contribution in [2.75, 3.05) is 44.2 Å². The zero-order chi connectivity index (χ0) is 15.2. The van der Waals surface area contributed by atoms with Crippen LogP contribution in [0.2, 0.25) is 0 Å². The highest BCUT2D eigenvalue weighted by Crippen LogP contribution is 2.24. The molecule has 1 aromatic heterocycles. The van der Waals surface area contributed by atoms with Crippen molar-refractivity contribution in [1.29, 1.82) is 0 Å². The zero-order valence-corrected chi connectivity index (χ0v) is 13.8. The van der Waals surface area contributed by atoms with Gasteiger partial charge in [-0.25, -0.2) is 4.79 Å². The van der Waals surface area contributed by atoms with Crippen LogP contribution in [0.1, 0.15) is 31.1 Å². The van der Waals surface area contributed by atoms with Gasteiger partial charge in [0.2, 0.25) is 0 Å². The van der Waals surface area contributed by atoms with Crippen LogP contribution in [0.4, 0.5) is 4.79 Å². The van der Waals surface area contributed by atoms with Crippen LogP contribution in [0.25, 0.3) is 0 Å². The predicted octanol–water partition coefficient (Wildman–Crippen LogP) is 2.57. The molecule has 3 rings (SSSR count). The number of furan rings is 1. The van der Waals surface area contributed by atoms with Crippen LogP contribution in [0.15, 0.2) is 22.8 Å². The van der Waals surface area contributed by atoms with Crippen molar-refractivity contribution >= 4 is 17.8 Å². The minimum absolute atomic E-state index is 0.0638. The van der Waals surface area contributed by atoms with Gasteiger partial charge in [0, 0.05) is 31.1 Å². The molecule has 0 spiro atoms. The number of nitrogens with one attached hydrogen (secondary N) is 1. The van der Waals surface area contributed by atoms with Gasteiger partial charge in [-0.1, -0.05) is 6.42 Å². The van der Waals surface area contributed by atoms with E-state index in [9.17, 15) is 4.79 Å². The summed E-state index contributed by atoms with van der Waals surface area (Å²) in [7, 11) is 0. The van der Waals surface area contributed by atoms with E-state index in [-0.39, 0.29) is 12.1 Å². The van der Waals surface area contributed by atoms with Crippen molar-refractivity contribution in [3.63, 3.8) is 0 Å². The van der Waals surface area contributed by atoms with Gasteiger partial charge >= 0.3 is 6.03 Å². The van der Waals surface area contributed by atoms with Gasteiger partial charge in [-0.2, -0.15) is 11.8 Å². The molecule has 0 bridgehead atoms. The lowest BCUT2D eigenvalue weighted by molar-refractivity contribution is 0.140. The van der Waals surface area contributed by atoms with Crippen molar-refractivity contribution in [1.82, 2.24) is 15.1 Å². The Balaban J connectivity index is 1.58. The summed E-state index contributed by atoms with van der Waals surface area (Å²) < 4.78 is 5.62. The Morgan fingerprint density at radius 1 is 1.23 bits per heavy atom. The highest BCUT2D eigenvalue weighted by molar-refractivity contribution is 7.99. The molecule has 5 nitrogen and oxygen atoms in total. The maximum absolute atomic E-state index is 12.3. The summed E-state index contributed by atoms with van der Waals surface area (Å²) in [4.78, 5) is 16.7. The summed E-state index contributed by atoms with van der Waals surface area (Å²) in [6, 6.07) is 4.16. The van der Waals surface area contributed by atoms with Crippen LogP contribution in [-0.2, 0) is 0 Å². The van der Waals surface area contributed by atoms with Gasteiger partial charge in [0.05, 0.1) is 12.3 Å². The molecule has 2 aliphatic rings. The Morgan fingerprint density at radius 2 is 2.00 bits per heavy atom. The van der Waals surface area contributed by atoms with Gasteiger partial charge in [0.1, 0.15) is 5.76 Å². The molecule has 3 heterocycles. The van der Waals surface area contributed by atoms with Crippen molar-refractivity contribution in [2.24, 2.45) is 0 Å². The Morgan fingerprint density at radius 3 is 2.68 bits per heavy atom. The normalized spacial score (nSPS) is 21.5. The SMILES string of the molecule is O=C(NC[C@@H](c1ccco1)N1CCCCC1)N1CCSCC1. The summed E-state index contributed by atoms with van der Waals surface area (Å²) in [5.74, 6) is 3.04. The Bertz CT molecular complexity index is 454. The molecule has 22 heavy (non-hydrogen) atoms. The number of nitrogens with zero attached hydrogens (tertiary/aromatic N) is 2. The number of hydrogen-bond acceptors (Lipinski definition) is 4. The van der Waals surface area contributed by atoms with Crippen molar-refractivity contribution in [2.45, 2.75) is 25.3 Å². The fourth-order valence-electron chi connectivity index (χ4n) is 3.18.